The van der Waals surface area contributed by atoms with Crippen LogP contribution in [0, 0.1) is 5.92 Å². The lowest BCUT2D eigenvalue weighted by atomic mass is 9.98. The maximum atomic E-state index is 9.90. The monoisotopic (exact) mass is 206 g/mol. The molecule has 14 heavy (non-hydrogen) atoms. The first kappa shape index (κ1) is 9.69. The van der Waals surface area contributed by atoms with E-state index in [2.05, 4.69) is 23.6 Å². The highest BCUT2D eigenvalue weighted by atomic mass is 32.1. The Hall–Kier alpha value is -0.860. The first-order chi connectivity index (χ1) is 6.68. The maximum Gasteiger partial charge on any atom is 0.0813 e. The molecule has 2 aromatic rings. The summed E-state index contributed by atoms with van der Waals surface area (Å²) in [4.78, 5) is 0. The van der Waals surface area contributed by atoms with Gasteiger partial charge in [-0.3, -0.25) is 0 Å². The van der Waals surface area contributed by atoms with Crippen LogP contribution in [-0.4, -0.2) is 5.11 Å². The summed E-state index contributed by atoms with van der Waals surface area (Å²) in [7, 11) is 0. The van der Waals surface area contributed by atoms with Crippen LogP contribution in [0.15, 0.2) is 29.6 Å². The fraction of sp³-hybridized carbons (Fsp3) is 0.333. The molecule has 0 aliphatic carbocycles. The van der Waals surface area contributed by atoms with Crippen LogP contribution >= 0.6 is 11.3 Å². The predicted octanol–water partition coefficient (Wildman–Crippen LogP) is 3.59. The van der Waals surface area contributed by atoms with Gasteiger partial charge in [-0.05, 0) is 40.4 Å². The molecule has 0 aliphatic heterocycles. The third-order valence-electron chi connectivity index (χ3n) is 2.45. The van der Waals surface area contributed by atoms with Gasteiger partial charge in [-0.2, -0.15) is 0 Å². The van der Waals surface area contributed by atoms with E-state index in [0.29, 0.717) is 0 Å². The number of hydrogen-bond acceptors (Lipinski definition) is 2. The molecule has 1 N–H and O–H groups in total. The summed E-state index contributed by atoms with van der Waals surface area (Å²) < 4.78 is 1.28. The topological polar surface area (TPSA) is 20.2 Å². The molecule has 2 rings (SSSR count). The van der Waals surface area contributed by atoms with Crippen molar-refractivity contribution < 1.29 is 5.11 Å². The molecule has 0 saturated heterocycles. The van der Waals surface area contributed by atoms with Crippen molar-refractivity contribution in [1.29, 1.82) is 0 Å². The number of benzene rings is 1. The lowest BCUT2D eigenvalue weighted by Gasteiger charge is -2.14. The van der Waals surface area contributed by atoms with Crippen molar-refractivity contribution in [3.8, 4) is 0 Å². The van der Waals surface area contributed by atoms with E-state index in [1.54, 1.807) is 11.3 Å². The van der Waals surface area contributed by atoms with Crippen molar-refractivity contribution in [3.63, 3.8) is 0 Å². The molecule has 0 unspecified atom stereocenters. The minimum Gasteiger partial charge on any atom is -0.388 e. The van der Waals surface area contributed by atoms with Crippen LogP contribution in [0.3, 0.4) is 0 Å². The molecule has 1 heterocycles. The molecule has 0 amide bonds. The number of aliphatic hydroxyl groups excluding tert-OH is 1. The fourth-order valence-corrected chi connectivity index (χ4v) is 2.32. The van der Waals surface area contributed by atoms with Gasteiger partial charge >= 0.3 is 0 Å². The normalized spacial score (nSPS) is 13.7. The van der Waals surface area contributed by atoms with Crippen LogP contribution in [0.4, 0.5) is 0 Å². The molecule has 0 radical (unpaired) electrons. The summed E-state index contributed by atoms with van der Waals surface area (Å²) in [5.41, 5.74) is 1.02. The van der Waals surface area contributed by atoms with Crippen molar-refractivity contribution in [2.75, 3.05) is 0 Å². The van der Waals surface area contributed by atoms with Crippen LogP contribution < -0.4 is 0 Å². The van der Waals surface area contributed by atoms with Crippen LogP contribution in [0.5, 0.6) is 0 Å². The van der Waals surface area contributed by atoms with E-state index in [-0.39, 0.29) is 12.0 Å². The van der Waals surface area contributed by atoms with Gasteiger partial charge in [-0.1, -0.05) is 19.9 Å². The molecule has 0 aliphatic rings. The van der Waals surface area contributed by atoms with E-state index in [4.69, 9.17) is 0 Å². The molecular formula is C12H14OS. The van der Waals surface area contributed by atoms with E-state index in [0.717, 1.165) is 5.56 Å². The lowest BCUT2D eigenvalue weighted by molar-refractivity contribution is 0.127. The van der Waals surface area contributed by atoms with Gasteiger partial charge in [0.15, 0.2) is 0 Å². The van der Waals surface area contributed by atoms with Crippen molar-refractivity contribution in [1.82, 2.24) is 0 Å². The number of fused-ring (bicyclic) bond motifs is 1. The second-order valence-corrected chi connectivity index (χ2v) is 4.85. The van der Waals surface area contributed by atoms with Gasteiger partial charge in [0.1, 0.15) is 0 Å². The first-order valence-electron chi connectivity index (χ1n) is 4.83. The number of aliphatic hydroxyl groups is 1. The number of thiophene rings is 1. The van der Waals surface area contributed by atoms with Gasteiger partial charge in [0.2, 0.25) is 0 Å². The Bertz CT molecular complexity index is 431. The molecule has 1 nitrogen and oxygen atoms in total. The van der Waals surface area contributed by atoms with Gasteiger partial charge in [0, 0.05) is 4.70 Å². The second-order valence-electron chi connectivity index (χ2n) is 3.91. The molecule has 1 aromatic heterocycles. The zero-order chi connectivity index (χ0) is 10.1. The summed E-state index contributed by atoms with van der Waals surface area (Å²) in [5, 5.41) is 13.2. The highest BCUT2D eigenvalue weighted by molar-refractivity contribution is 7.17. The Kier molecular flexibility index (Phi) is 2.57. The van der Waals surface area contributed by atoms with Crippen molar-refractivity contribution >= 4 is 21.4 Å². The average molecular weight is 206 g/mol. The van der Waals surface area contributed by atoms with Crippen molar-refractivity contribution in [3.05, 3.63) is 35.2 Å². The van der Waals surface area contributed by atoms with E-state index < -0.39 is 0 Å². The van der Waals surface area contributed by atoms with E-state index >= 15 is 0 Å². The fourth-order valence-electron chi connectivity index (χ4n) is 1.55. The van der Waals surface area contributed by atoms with Crippen molar-refractivity contribution in [2.24, 2.45) is 5.92 Å². The number of rotatable bonds is 2. The quantitative estimate of drug-likeness (QED) is 0.796. The second kappa shape index (κ2) is 3.71. The first-order valence-corrected chi connectivity index (χ1v) is 5.71. The summed E-state index contributed by atoms with van der Waals surface area (Å²) in [6.07, 6.45) is -0.348. The van der Waals surface area contributed by atoms with E-state index in [9.17, 15) is 5.11 Å². The summed E-state index contributed by atoms with van der Waals surface area (Å²) >= 11 is 1.73. The zero-order valence-electron chi connectivity index (χ0n) is 8.40. The largest absolute Gasteiger partial charge is 0.388 e. The third kappa shape index (κ3) is 1.68. The summed E-state index contributed by atoms with van der Waals surface area (Å²) in [6, 6.07) is 8.28. The van der Waals surface area contributed by atoms with Gasteiger partial charge in [-0.25, -0.2) is 0 Å². The van der Waals surface area contributed by atoms with E-state index in [1.807, 2.05) is 19.9 Å². The highest BCUT2D eigenvalue weighted by Crippen LogP contribution is 2.27. The molecule has 1 aromatic carbocycles. The van der Waals surface area contributed by atoms with Gasteiger partial charge in [0.25, 0.3) is 0 Å². The smallest absolute Gasteiger partial charge is 0.0813 e. The molecule has 74 valence electrons. The SMILES string of the molecule is CC(C)[C@@H](O)c1ccc2sccc2c1. The Labute approximate surface area is 88.0 Å². The minimum atomic E-state index is -0.348. The predicted molar refractivity (Wildman–Crippen MR) is 61.6 cm³/mol. The Morgan fingerprint density at radius 3 is 2.71 bits per heavy atom. The zero-order valence-corrected chi connectivity index (χ0v) is 9.21. The summed E-state index contributed by atoms with van der Waals surface area (Å²) in [5.74, 6) is 0.270. The van der Waals surface area contributed by atoms with Gasteiger partial charge in [0.05, 0.1) is 6.10 Å². The maximum absolute atomic E-state index is 9.90. The molecule has 1 atom stereocenters. The third-order valence-corrected chi connectivity index (χ3v) is 3.35. The molecule has 0 saturated carbocycles. The Morgan fingerprint density at radius 2 is 2.00 bits per heavy atom. The van der Waals surface area contributed by atoms with Crippen molar-refractivity contribution in [2.45, 2.75) is 20.0 Å². The van der Waals surface area contributed by atoms with Gasteiger partial charge < -0.3 is 5.11 Å². The highest BCUT2D eigenvalue weighted by Gasteiger charge is 2.11. The molecule has 2 heteroatoms. The standard InChI is InChI=1S/C12H14OS/c1-8(2)12(13)10-3-4-11-9(7-10)5-6-14-11/h3-8,12-13H,1-2H3/t12-/m1/s1. The lowest BCUT2D eigenvalue weighted by Crippen LogP contribution is -2.04. The Balaban J connectivity index is 2.43. The molecular weight excluding hydrogens is 192 g/mol. The molecule has 0 fully saturated rings. The van der Waals surface area contributed by atoms with E-state index in [1.165, 1.54) is 10.1 Å². The van der Waals surface area contributed by atoms with Gasteiger partial charge in [-0.15, -0.1) is 11.3 Å². The van der Waals surface area contributed by atoms with Crippen LogP contribution in [0.1, 0.15) is 25.5 Å². The molecule has 0 bridgehead atoms. The van der Waals surface area contributed by atoms with Crippen LogP contribution in [0.2, 0.25) is 0 Å². The number of hydrogen-bond donors (Lipinski definition) is 1. The average Bonchev–Trinajstić information content (AvgIpc) is 2.62. The minimum absolute atomic E-state index is 0.270. The Morgan fingerprint density at radius 1 is 1.21 bits per heavy atom. The van der Waals surface area contributed by atoms with Crippen LogP contribution in [-0.2, 0) is 0 Å². The molecule has 0 spiro atoms. The van der Waals surface area contributed by atoms with Crippen LogP contribution in [0.25, 0.3) is 10.1 Å². The summed E-state index contributed by atoms with van der Waals surface area (Å²) in [6.45, 7) is 4.06.